The average Bonchev–Trinajstić information content (AvgIpc) is 3.46. The van der Waals surface area contributed by atoms with Crippen molar-refractivity contribution in [2.75, 3.05) is 6.54 Å². The molecule has 0 aromatic heterocycles. The maximum atomic E-state index is 13.5. The van der Waals surface area contributed by atoms with Crippen molar-refractivity contribution in [1.82, 2.24) is 4.90 Å². The highest BCUT2D eigenvalue weighted by atomic mass is 16.6. The molecule has 7 rings (SSSR count). The third kappa shape index (κ3) is 4.69. The highest BCUT2D eigenvalue weighted by Gasteiger charge is 2.61. The second-order valence-electron chi connectivity index (χ2n) is 15.4. The molecule has 232 valence electrons. The lowest BCUT2D eigenvalue weighted by Gasteiger charge is -2.52. The molecule has 6 aliphatic rings. The molecule has 2 heterocycles. The van der Waals surface area contributed by atoms with E-state index in [4.69, 9.17) is 9.47 Å². The first kappa shape index (κ1) is 29.1. The Morgan fingerprint density at radius 1 is 1.14 bits per heavy atom. The van der Waals surface area contributed by atoms with E-state index in [9.17, 15) is 14.7 Å². The van der Waals surface area contributed by atoms with E-state index >= 15 is 0 Å². The smallest absolute Gasteiger partial charge is 0.410 e. The van der Waals surface area contributed by atoms with Crippen molar-refractivity contribution >= 4 is 11.9 Å². The molecule has 1 aromatic carbocycles. The van der Waals surface area contributed by atoms with Crippen LogP contribution in [-0.2, 0) is 20.9 Å². The number of hydrogen-bond donors (Lipinski definition) is 1. The molecular weight excluding hydrogens is 538 g/mol. The second-order valence-corrected chi connectivity index (χ2v) is 15.4. The Balaban J connectivity index is 1.12. The number of aliphatic hydroxyl groups is 1. The van der Waals surface area contributed by atoms with Gasteiger partial charge in [-0.25, -0.2) is 4.79 Å². The zero-order chi connectivity index (χ0) is 30.1. The Kier molecular flexibility index (Phi) is 7.31. The first-order valence-electron chi connectivity index (χ1n) is 16.8. The number of nitrogens with zero attached hydrogens (tertiary/aromatic N) is 1. The summed E-state index contributed by atoms with van der Waals surface area (Å²) in [5.41, 5.74) is 4.61. The third-order valence-corrected chi connectivity index (χ3v) is 13.1. The number of carbonyl (C=O) groups excluding carboxylic acids is 2. The van der Waals surface area contributed by atoms with Crippen LogP contribution in [0.4, 0.5) is 4.79 Å². The minimum absolute atomic E-state index is 0.0424. The number of allylic oxidation sites excluding steroid dienone is 2. The molecule has 6 nitrogen and oxygen atoms in total. The monoisotopic (exact) mass is 587 g/mol. The maximum absolute atomic E-state index is 13.5. The van der Waals surface area contributed by atoms with E-state index in [2.05, 4.69) is 27.7 Å². The van der Waals surface area contributed by atoms with Gasteiger partial charge in [0, 0.05) is 24.5 Å². The van der Waals surface area contributed by atoms with Crippen molar-refractivity contribution in [3.8, 4) is 0 Å². The van der Waals surface area contributed by atoms with Crippen LogP contribution in [0.2, 0.25) is 0 Å². The zero-order valence-corrected chi connectivity index (χ0v) is 26.4. The van der Waals surface area contributed by atoms with Gasteiger partial charge in [0.2, 0.25) is 0 Å². The lowest BCUT2D eigenvalue weighted by molar-refractivity contribution is -0.124. The van der Waals surface area contributed by atoms with Crippen LogP contribution in [0.3, 0.4) is 0 Å². The summed E-state index contributed by atoms with van der Waals surface area (Å²) in [4.78, 5) is 28.2. The number of ether oxygens (including phenoxy) is 2. The number of Topliss-reactive ketones (excluding diaryl/α,β-unsaturated/α-hetero) is 1. The minimum Gasteiger partial charge on any atom is -0.515 e. The summed E-state index contributed by atoms with van der Waals surface area (Å²) in [6.45, 7) is 10.3. The van der Waals surface area contributed by atoms with Crippen LogP contribution in [0.5, 0.6) is 0 Å². The number of benzene rings is 1. The molecule has 3 saturated carbocycles. The first-order valence-corrected chi connectivity index (χ1v) is 16.8. The third-order valence-electron chi connectivity index (χ3n) is 13.1. The molecule has 4 aliphatic carbocycles. The van der Waals surface area contributed by atoms with Gasteiger partial charge < -0.3 is 19.5 Å². The van der Waals surface area contributed by atoms with Gasteiger partial charge in [0.1, 0.15) is 6.61 Å². The van der Waals surface area contributed by atoms with E-state index in [0.29, 0.717) is 48.2 Å². The number of aliphatic hydroxyl groups excluding tert-OH is 1. The molecule has 1 N–H and O–H groups in total. The molecule has 6 heteroatoms. The highest BCUT2D eigenvalue weighted by Crippen LogP contribution is 2.65. The Morgan fingerprint density at radius 2 is 1.93 bits per heavy atom. The van der Waals surface area contributed by atoms with Crippen molar-refractivity contribution in [2.24, 2.45) is 40.9 Å². The summed E-state index contributed by atoms with van der Waals surface area (Å²) < 4.78 is 13.0. The number of carbonyl (C=O) groups is 2. The molecule has 43 heavy (non-hydrogen) atoms. The quantitative estimate of drug-likeness (QED) is 0.217. The normalized spacial score (nSPS) is 43.2. The van der Waals surface area contributed by atoms with E-state index in [-0.39, 0.29) is 41.0 Å². The summed E-state index contributed by atoms with van der Waals surface area (Å²) in [5, 5.41) is 9.84. The van der Waals surface area contributed by atoms with Gasteiger partial charge in [-0.1, -0.05) is 62.2 Å². The van der Waals surface area contributed by atoms with Gasteiger partial charge in [-0.05, 0) is 98.9 Å². The van der Waals surface area contributed by atoms with Crippen molar-refractivity contribution < 1.29 is 24.2 Å². The molecule has 1 spiro atoms. The summed E-state index contributed by atoms with van der Waals surface area (Å²) in [6, 6.07) is 9.97. The molecule has 1 aromatic rings. The topological polar surface area (TPSA) is 76.1 Å². The van der Waals surface area contributed by atoms with Crippen LogP contribution < -0.4 is 0 Å². The van der Waals surface area contributed by atoms with Gasteiger partial charge in [0.05, 0.1) is 24.0 Å². The van der Waals surface area contributed by atoms with Gasteiger partial charge in [-0.3, -0.25) is 4.79 Å². The zero-order valence-electron chi connectivity index (χ0n) is 26.4. The summed E-state index contributed by atoms with van der Waals surface area (Å²) in [5.74, 6) is 2.95. The molecule has 10 atom stereocenters. The van der Waals surface area contributed by atoms with Crippen molar-refractivity contribution in [3.05, 3.63) is 58.9 Å². The molecule has 1 amide bonds. The number of hydrogen-bond acceptors (Lipinski definition) is 5. The molecule has 0 radical (unpaired) electrons. The second kappa shape index (κ2) is 10.8. The van der Waals surface area contributed by atoms with Crippen LogP contribution in [0, 0.1) is 40.9 Å². The molecular formula is C37H49NO5. The number of amides is 1. The lowest BCUT2D eigenvalue weighted by Crippen LogP contribution is -2.54. The van der Waals surface area contributed by atoms with Gasteiger partial charge >= 0.3 is 6.09 Å². The Hall–Kier alpha value is -2.60. The van der Waals surface area contributed by atoms with E-state index in [1.807, 2.05) is 35.2 Å². The number of ketones is 1. The predicted molar refractivity (Wildman–Crippen MR) is 165 cm³/mol. The Morgan fingerprint density at radius 3 is 2.70 bits per heavy atom. The van der Waals surface area contributed by atoms with Crippen LogP contribution in [-0.4, -0.2) is 46.2 Å². The fraction of sp³-hybridized carbons (Fsp3) is 0.676. The van der Waals surface area contributed by atoms with E-state index in [1.54, 1.807) is 5.57 Å². The van der Waals surface area contributed by atoms with Crippen LogP contribution in [0.25, 0.3) is 0 Å². The number of piperidine rings is 1. The van der Waals surface area contributed by atoms with Crippen molar-refractivity contribution in [2.45, 2.75) is 110 Å². The Labute approximate surface area is 256 Å². The van der Waals surface area contributed by atoms with Gasteiger partial charge in [-0.15, -0.1) is 0 Å². The SMILES string of the molecule is CC1=C2C[C@H]3[C@@H](CC[C@H]4CC(=O)/C(=C\O)C[C@@]43C)[C@@H]2CC[C@@]2(C1)O[C@@H]1C[C@H](C)CN(C(=O)OCc3ccccc3)[C@H]1[C@H]2C. The molecule has 0 unspecified atom stereocenters. The fourth-order valence-electron chi connectivity index (χ4n) is 10.9. The molecule has 5 fully saturated rings. The summed E-state index contributed by atoms with van der Waals surface area (Å²) >= 11 is 0. The lowest BCUT2D eigenvalue weighted by atomic mass is 9.51. The average molecular weight is 588 g/mol. The highest BCUT2D eigenvalue weighted by molar-refractivity contribution is 5.96. The van der Waals surface area contributed by atoms with Crippen molar-refractivity contribution in [3.63, 3.8) is 0 Å². The molecule has 2 aliphatic heterocycles. The van der Waals surface area contributed by atoms with E-state index in [0.717, 1.165) is 63.3 Å². The summed E-state index contributed by atoms with van der Waals surface area (Å²) in [7, 11) is 0. The largest absolute Gasteiger partial charge is 0.515 e. The molecule has 0 bridgehead atoms. The first-order chi connectivity index (χ1) is 20.6. The maximum Gasteiger partial charge on any atom is 0.410 e. The van der Waals surface area contributed by atoms with E-state index < -0.39 is 0 Å². The number of rotatable bonds is 2. The van der Waals surface area contributed by atoms with Crippen LogP contribution in [0.15, 0.2) is 53.3 Å². The predicted octanol–water partition coefficient (Wildman–Crippen LogP) is 7.78. The van der Waals surface area contributed by atoms with Crippen LogP contribution in [0.1, 0.15) is 91.0 Å². The van der Waals surface area contributed by atoms with Gasteiger partial charge in [-0.2, -0.15) is 0 Å². The fourth-order valence-corrected chi connectivity index (χ4v) is 10.9. The standard InChI is InChI=1S/C37H49NO5/c1-22-14-33-34(38(19-22)35(41)42-21-25-8-6-5-7-9-25)24(3)37(43-33)13-12-28-29-11-10-27-15-32(40)26(20-39)18-36(27,4)31(29)16-30(28)23(2)17-37/h5-9,20,22,24,27-29,31,33-34,39H,10-19,21H2,1-4H3/b26-20-/t22-,24+,27-,28-,29-,31-,33+,34-,36-,37-/m0/s1. The number of likely N-dealkylation sites (tertiary alicyclic amines) is 1. The van der Waals surface area contributed by atoms with E-state index in [1.165, 1.54) is 12.0 Å². The molecule has 2 saturated heterocycles. The summed E-state index contributed by atoms with van der Waals surface area (Å²) in [6.07, 6.45) is 9.75. The van der Waals surface area contributed by atoms with Crippen LogP contribution >= 0.6 is 0 Å². The minimum atomic E-state index is -0.251. The Bertz CT molecular complexity index is 1340. The van der Waals surface area contributed by atoms with Gasteiger partial charge in [0.25, 0.3) is 0 Å². The van der Waals surface area contributed by atoms with Gasteiger partial charge in [0.15, 0.2) is 5.78 Å². The number of fused-ring (bicyclic) bond motifs is 6. The van der Waals surface area contributed by atoms with Crippen molar-refractivity contribution in [1.29, 1.82) is 0 Å².